The maximum atomic E-state index is 13.6. The first kappa shape index (κ1) is 13.4. The molecule has 0 unspecified atom stereocenters. The first-order valence-electron chi connectivity index (χ1n) is 6.00. The number of fused-ring (bicyclic) bond motifs is 1. The number of aromatic nitrogens is 1. The van der Waals surface area contributed by atoms with Gasteiger partial charge in [0.1, 0.15) is 23.0 Å². The quantitative estimate of drug-likeness (QED) is 0.702. The lowest BCUT2D eigenvalue weighted by Gasteiger charge is -2.10. The van der Waals surface area contributed by atoms with Gasteiger partial charge in [-0.2, -0.15) is 0 Å². The molecule has 1 aromatic heterocycles. The number of pyridine rings is 1. The summed E-state index contributed by atoms with van der Waals surface area (Å²) in [5, 5.41) is 2.85. The molecule has 6 heteroatoms. The first-order chi connectivity index (χ1) is 10.0. The molecule has 3 aromatic rings. The van der Waals surface area contributed by atoms with E-state index in [0.717, 1.165) is 18.2 Å². The van der Waals surface area contributed by atoms with Crippen LogP contribution in [-0.2, 0) is 0 Å². The van der Waals surface area contributed by atoms with Gasteiger partial charge in [-0.05, 0) is 24.3 Å². The SMILES string of the molecule is Fc1ccc(Nc2ccnc3c(F)cc(F)cc23)c(F)c1. The minimum atomic E-state index is -0.812. The minimum Gasteiger partial charge on any atom is -0.353 e. The summed E-state index contributed by atoms with van der Waals surface area (Å²) in [7, 11) is 0. The summed E-state index contributed by atoms with van der Waals surface area (Å²) < 4.78 is 53.5. The number of halogens is 4. The molecule has 0 aliphatic rings. The van der Waals surface area contributed by atoms with Gasteiger partial charge in [0, 0.05) is 29.4 Å². The average Bonchev–Trinajstić information content (AvgIpc) is 2.42. The van der Waals surface area contributed by atoms with Gasteiger partial charge in [-0.1, -0.05) is 0 Å². The van der Waals surface area contributed by atoms with E-state index in [9.17, 15) is 17.6 Å². The van der Waals surface area contributed by atoms with Crippen LogP contribution in [0.2, 0.25) is 0 Å². The van der Waals surface area contributed by atoms with Crippen molar-refractivity contribution in [2.24, 2.45) is 0 Å². The van der Waals surface area contributed by atoms with E-state index in [1.54, 1.807) is 0 Å². The highest BCUT2D eigenvalue weighted by Gasteiger charge is 2.11. The molecule has 3 rings (SSSR count). The van der Waals surface area contributed by atoms with E-state index in [0.29, 0.717) is 6.07 Å². The van der Waals surface area contributed by atoms with E-state index >= 15 is 0 Å². The van der Waals surface area contributed by atoms with Crippen LogP contribution in [0.3, 0.4) is 0 Å². The third kappa shape index (κ3) is 2.52. The molecule has 1 N–H and O–H groups in total. The van der Waals surface area contributed by atoms with Gasteiger partial charge in [-0.15, -0.1) is 0 Å². The molecule has 0 spiro atoms. The molecular weight excluding hydrogens is 284 g/mol. The van der Waals surface area contributed by atoms with Gasteiger partial charge in [0.05, 0.1) is 5.69 Å². The number of benzene rings is 2. The van der Waals surface area contributed by atoms with Crippen molar-refractivity contribution < 1.29 is 17.6 Å². The molecule has 0 amide bonds. The molecule has 0 saturated heterocycles. The van der Waals surface area contributed by atoms with Crippen molar-refractivity contribution in [3.8, 4) is 0 Å². The van der Waals surface area contributed by atoms with Gasteiger partial charge < -0.3 is 5.32 Å². The molecule has 0 fully saturated rings. The summed E-state index contributed by atoms with van der Waals surface area (Å²) in [6.45, 7) is 0. The summed E-state index contributed by atoms with van der Waals surface area (Å²) in [6.07, 6.45) is 1.31. The smallest absolute Gasteiger partial charge is 0.152 e. The number of anilines is 2. The molecule has 0 aliphatic carbocycles. The molecule has 0 radical (unpaired) electrons. The predicted molar refractivity (Wildman–Crippen MR) is 71.3 cm³/mol. The van der Waals surface area contributed by atoms with Crippen LogP contribution in [0, 0.1) is 23.3 Å². The third-order valence-electron chi connectivity index (χ3n) is 2.96. The van der Waals surface area contributed by atoms with E-state index in [1.807, 2.05) is 0 Å². The summed E-state index contributed by atoms with van der Waals surface area (Å²) in [6, 6.07) is 6.26. The standard InChI is InChI=1S/C15H8F4N2/c16-8-1-2-14(11(18)6-8)21-13-3-4-20-15-10(13)5-9(17)7-12(15)19/h1-7H,(H,20,21). The Hall–Kier alpha value is -2.63. The molecule has 106 valence electrons. The van der Waals surface area contributed by atoms with Crippen molar-refractivity contribution in [3.05, 3.63) is 65.9 Å². The zero-order valence-electron chi connectivity index (χ0n) is 10.5. The van der Waals surface area contributed by atoms with Crippen LogP contribution in [0.25, 0.3) is 10.9 Å². The lowest BCUT2D eigenvalue weighted by Crippen LogP contribution is -1.97. The second-order valence-electron chi connectivity index (χ2n) is 4.39. The minimum absolute atomic E-state index is 0.00595. The van der Waals surface area contributed by atoms with Crippen LogP contribution >= 0.6 is 0 Å². The Kier molecular flexibility index (Phi) is 3.21. The number of nitrogens with zero attached hydrogens (tertiary/aromatic N) is 1. The van der Waals surface area contributed by atoms with E-state index in [4.69, 9.17) is 0 Å². The maximum Gasteiger partial charge on any atom is 0.152 e. The van der Waals surface area contributed by atoms with Crippen LogP contribution in [0.4, 0.5) is 28.9 Å². The fourth-order valence-corrected chi connectivity index (χ4v) is 2.02. The summed E-state index contributed by atoms with van der Waals surface area (Å²) in [5.41, 5.74) is 0.224. The van der Waals surface area contributed by atoms with Crippen LogP contribution in [0.1, 0.15) is 0 Å². The fourth-order valence-electron chi connectivity index (χ4n) is 2.02. The molecule has 2 nitrogen and oxygen atoms in total. The van der Waals surface area contributed by atoms with Crippen molar-refractivity contribution in [2.75, 3.05) is 5.32 Å². The van der Waals surface area contributed by atoms with Crippen LogP contribution in [0.5, 0.6) is 0 Å². The van der Waals surface area contributed by atoms with Gasteiger partial charge >= 0.3 is 0 Å². The first-order valence-corrected chi connectivity index (χ1v) is 6.00. The Labute approximate surface area is 117 Å². The number of hydrogen-bond acceptors (Lipinski definition) is 2. The zero-order valence-corrected chi connectivity index (χ0v) is 10.5. The maximum absolute atomic E-state index is 13.6. The fraction of sp³-hybridized carbons (Fsp3) is 0. The lowest BCUT2D eigenvalue weighted by atomic mass is 10.1. The summed E-state index contributed by atoms with van der Waals surface area (Å²) in [5.74, 6) is -3.10. The van der Waals surface area contributed by atoms with E-state index in [2.05, 4.69) is 10.3 Å². The summed E-state index contributed by atoms with van der Waals surface area (Å²) in [4.78, 5) is 3.83. The molecule has 0 bridgehead atoms. The third-order valence-corrected chi connectivity index (χ3v) is 2.96. The van der Waals surface area contributed by atoms with Gasteiger partial charge in [-0.25, -0.2) is 17.6 Å². The highest BCUT2D eigenvalue weighted by molar-refractivity contribution is 5.93. The highest BCUT2D eigenvalue weighted by Crippen LogP contribution is 2.28. The molecule has 1 heterocycles. The van der Waals surface area contributed by atoms with Crippen molar-refractivity contribution >= 4 is 22.3 Å². The molecule has 0 saturated carbocycles. The van der Waals surface area contributed by atoms with Gasteiger partial charge in [0.25, 0.3) is 0 Å². The van der Waals surface area contributed by atoms with E-state index in [-0.39, 0.29) is 22.3 Å². The highest BCUT2D eigenvalue weighted by atomic mass is 19.1. The van der Waals surface area contributed by atoms with Crippen molar-refractivity contribution in [1.29, 1.82) is 0 Å². The largest absolute Gasteiger partial charge is 0.353 e. The lowest BCUT2D eigenvalue weighted by molar-refractivity contribution is 0.586. The Morgan fingerprint density at radius 2 is 1.52 bits per heavy atom. The number of hydrogen-bond donors (Lipinski definition) is 1. The van der Waals surface area contributed by atoms with Gasteiger partial charge in [-0.3, -0.25) is 4.98 Å². The van der Waals surface area contributed by atoms with E-state index in [1.165, 1.54) is 18.3 Å². The number of nitrogens with one attached hydrogen (secondary N) is 1. The van der Waals surface area contributed by atoms with Crippen LogP contribution in [-0.4, -0.2) is 4.98 Å². The Morgan fingerprint density at radius 1 is 0.762 bits per heavy atom. The molecule has 21 heavy (non-hydrogen) atoms. The number of rotatable bonds is 2. The normalized spacial score (nSPS) is 10.9. The van der Waals surface area contributed by atoms with Gasteiger partial charge in [0.2, 0.25) is 0 Å². The second-order valence-corrected chi connectivity index (χ2v) is 4.39. The van der Waals surface area contributed by atoms with E-state index < -0.39 is 23.3 Å². The summed E-state index contributed by atoms with van der Waals surface area (Å²) >= 11 is 0. The van der Waals surface area contributed by atoms with Crippen molar-refractivity contribution in [3.63, 3.8) is 0 Å². The van der Waals surface area contributed by atoms with Crippen molar-refractivity contribution in [1.82, 2.24) is 4.98 Å². The van der Waals surface area contributed by atoms with Gasteiger partial charge in [0.15, 0.2) is 5.82 Å². The Balaban J connectivity index is 2.12. The average molecular weight is 292 g/mol. The molecular formula is C15H8F4N2. The monoisotopic (exact) mass is 292 g/mol. The second kappa shape index (κ2) is 5.05. The Morgan fingerprint density at radius 3 is 2.29 bits per heavy atom. The van der Waals surface area contributed by atoms with Crippen LogP contribution < -0.4 is 5.32 Å². The predicted octanol–water partition coefficient (Wildman–Crippen LogP) is 4.53. The van der Waals surface area contributed by atoms with Crippen molar-refractivity contribution in [2.45, 2.75) is 0 Å². The van der Waals surface area contributed by atoms with Crippen LogP contribution in [0.15, 0.2) is 42.6 Å². The zero-order chi connectivity index (χ0) is 15.0. The molecule has 0 aliphatic heterocycles. The Bertz CT molecular complexity index is 833. The topological polar surface area (TPSA) is 24.9 Å². The molecule has 2 aromatic carbocycles. The molecule has 0 atom stereocenters.